The van der Waals surface area contributed by atoms with E-state index in [4.69, 9.17) is 14.2 Å². The number of likely N-dealkylation sites (tertiary alicyclic amines) is 1. The fourth-order valence-corrected chi connectivity index (χ4v) is 4.47. The van der Waals surface area contributed by atoms with Crippen molar-refractivity contribution < 1.29 is 28.6 Å². The number of esters is 2. The van der Waals surface area contributed by atoms with Gasteiger partial charge in [0.1, 0.15) is 17.4 Å². The van der Waals surface area contributed by atoms with E-state index in [1.54, 1.807) is 30.0 Å². The number of benzene rings is 3. The van der Waals surface area contributed by atoms with Gasteiger partial charge in [0, 0.05) is 18.8 Å². The van der Waals surface area contributed by atoms with E-state index in [2.05, 4.69) is 5.32 Å². The third kappa shape index (κ3) is 6.51. The van der Waals surface area contributed by atoms with Crippen molar-refractivity contribution in [2.24, 2.45) is 5.92 Å². The molecule has 0 spiro atoms. The maximum Gasteiger partial charge on any atom is 0.341 e. The van der Waals surface area contributed by atoms with Crippen LogP contribution in [0.4, 0.5) is 10.5 Å². The second-order valence-corrected chi connectivity index (χ2v) is 8.97. The van der Waals surface area contributed by atoms with Gasteiger partial charge in [-0.25, -0.2) is 9.59 Å². The normalized spacial score (nSPS) is 13.6. The van der Waals surface area contributed by atoms with Gasteiger partial charge in [0.15, 0.2) is 0 Å². The van der Waals surface area contributed by atoms with Crippen LogP contribution in [0.3, 0.4) is 0 Å². The number of nitrogens with one attached hydrogen (secondary N) is 1. The van der Waals surface area contributed by atoms with Gasteiger partial charge in [-0.15, -0.1) is 0 Å². The molecule has 8 heteroatoms. The van der Waals surface area contributed by atoms with Gasteiger partial charge in [0.05, 0.1) is 19.6 Å². The van der Waals surface area contributed by atoms with Crippen molar-refractivity contribution in [1.29, 1.82) is 0 Å². The molecule has 1 aliphatic heterocycles. The van der Waals surface area contributed by atoms with Crippen molar-refractivity contribution >= 4 is 23.7 Å². The Kier molecular flexibility index (Phi) is 8.98. The number of rotatable bonds is 8. The smallest absolute Gasteiger partial charge is 0.341 e. The highest BCUT2D eigenvalue weighted by molar-refractivity contribution is 5.96. The zero-order chi connectivity index (χ0) is 26.9. The molecule has 0 unspecified atom stereocenters. The number of piperidine rings is 1. The molecular formula is C30H32N2O6. The first kappa shape index (κ1) is 26.7. The van der Waals surface area contributed by atoms with Gasteiger partial charge in [-0.3, -0.25) is 4.79 Å². The molecule has 1 N–H and O–H groups in total. The molecule has 8 nitrogen and oxygen atoms in total. The van der Waals surface area contributed by atoms with E-state index in [1.165, 1.54) is 7.11 Å². The number of carbonyl (C=O) groups excluding carboxylic acids is 3. The SMILES string of the molecule is CCOC(=O)C1CCN(C(=O)Nc2ccc(OC(c3ccccc3)c3ccccc3)c(C(=O)OC)c2)CC1. The van der Waals surface area contributed by atoms with Crippen molar-refractivity contribution in [2.75, 3.05) is 32.1 Å². The topological polar surface area (TPSA) is 94.2 Å². The molecule has 0 bridgehead atoms. The maximum absolute atomic E-state index is 12.9. The van der Waals surface area contributed by atoms with Crippen LogP contribution < -0.4 is 10.1 Å². The predicted octanol–water partition coefficient (Wildman–Crippen LogP) is 5.45. The number of urea groups is 1. The minimum Gasteiger partial charge on any atom is -0.480 e. The van der Waals surface area contributed by atoms with Crippen LogP contribution in [-0.2, 0) is 14.3 Å². The quantitative estimate of drug-likeness (QED) is 0.400. The fourth-order valence-electron chi connectivity index (χ4n) is 4.47. The number of nitrogens with zero attached hydrogens (tertiary/aromatic N) is 1. The molecule has 1 fully saturated rings. The van der Waals surface area contributed by atoms with E-state index in [1.807, 2.05) is 60.7 Å². The molecule has 4 rings (SSSR count). The summed E-state index contributed by atoms with van der Waals surface area (Å²) in [7, 11) is 1.30. The van der Waals surface area contributed by atoms with Gasteiger partial charge in [0.25, 0.3) is 0 Å². The summed E-state index contributed by atoms with van der Waals surface area (Å²) < 4.78 is 16.5. The third-order valence-corrected chi connectivity index (χ3v) is 6.49. The Morgan fingerprint density at radius 3 is 2.08 bits per heavy atom. The highest BCUT2D eigenvalue weighted by atomic mass is 16.5. The van der Waals surface area contributed by atoms with Crippen molar-refractivity contribution in [3.8, 4) is 5.75 Å². The average Bonchev–Trinajstić information content (AvgIpc) is 2.97. The third-order valence-electron chi connectivity index (χ3n) is 6.49. The van der Waals surface area contributed by atoms with E-state index < -0.39 is 12.1 Å². The Bertz CT molecular complexity index is 1200. The number of hydrogen-bond donors (Lipinski definition) is 1. The highest BCUT2D eigenvalue weighted by Crippen LogP contribution is 2.32. The van der Waals surface area contributed by atoms with Crippen LogP contribution in [0.25, 0.3) is 0 Å². The molecule has 0 atom stereocenters. The van der Waals surface area contributed by atoms with Gasteiger partial charge in [-0.05, 0) is 49.1 Å². The molecular weight excluding hydrogens is 484 g/mol. The van der Waals surface area contributed by atoms with Crippen molar-refractivity contribution in [1.82, 2.24) is 4.90 Å². The van der Waals surface area contributed by atoms with E-state index >= 15 is 0 Å². The van der Waals surface area contributed by atoms with Gasteiger partial charge in [0.2, 0.25) is 0 Å². The van der Waals surface area contributed by atoms with Crippen LogP contribution in [0.15, 0.2) is 78.9 Å². The summed E-state index contributed by atoms with van der Waals surface area (Å²) in [5.74, 6) is -0.646. The second kappa shape index (κ2) is 12.8. The monoisotopic (exact) mass is 516 g/mol. The van der Waals surface area contributed by atoms with Crippen LogP contribution in [0.5, 0.6) is 5.75 Å². The Labute approximate surface area is 222 Å². The Morgan fingerprint density at radius 2 is 1.53 bits per heavy atom. The minimum atomic E-state index is -0.578. The summed E-state index contributed by atoms with van der Waals surface area (Å²) in [6, 6.07) is 24.1. The summed E-state index contributed by atoms with van der Waals surface area (Å²) in [6.07, 6.45) is 0.640. The van der Waals surface area contributed by atoms with Gasteiger partial charge in [-0.2, -0.15) is 0 Å². The number of carbonyl (C=O) groups is 3. The average molecular weight is 517 g/mol. The minimum absolute atomic E-state index is 0.191. The second-order valence-electron chi connectivity index (χ2n) is 8.97. The van der Waals surface area contributed by atoms with Gasteiger partial charge < -0.3 is 24.4 Å². The number of amides is 2. The lowest BCUT2D eigenvalue weighted by molar-refractivity contribution is -0.149. The molecule has 0 aromatic heterocycles. The number of ether oxygens (including phenoxy) is 3. The van der Waals surface area contributed by atoms with Crippen LogP contribution in [-0.4, -0.2) is 49.7 Å². The van der Waals surface area contributed by atoms with E-state index in [9.17, 15) is 14.4 Å². The maximum atomic E-state index is 12.9. The van der Waals surface area contributed by atoms with Crippen LogP contribution in [0.1, 0.15) is 47.4 Å². The van der Waals surface area contributed by atoms with Crippen molar-refractivity contribution in [3.63, 3.8) is 0 Å². The number of methoxy groups -OCH3 is 1. The summed E-state index contributed by atoms with van der Waals surface area (Å²) in [5, 5.41) is 2.85. The molecule has 3 aromatic carbocycles. The lowest BCUT2D eigenvalue weighted by Gasteiger charge is -2.31. The summed E-state index contributed by atoms with van der Waals surface area (Å²) in [5.41, 5.74) is 2.49. The lowest BCUT2D eigenvalue weighted by Crippen LogP contribution is -2.42. The predicted molar refractivity (Wildman–Crippen MR) is 143 cm³/mol. The first-order chi connectivity index (χ1) is 18.5. The van der Waals surface area contributed by atoms with Gasteiger partial charge >= 0.3 is 18.0 Å². The molecule has 1 aliphatic rings. The lowest BCUT2D eigenvalue weighted by atomic mass is 9.97. The first-order valence-electron chi connectivity index (χ1n) is 12.7. The van der Waals surface area contributed by atoms with Crippen molar-refractivity contribution in [3.05, 3.63) is 95.6 Å². The molecule has 2 amide bonds. The van der Waals surface area contributed by atoms with Crippen LogP contribution in [0, 0.1) is 5.92 Å². The number of hydrogen-bond acceptors (Lipinski definition) is 6. The first-order valence-corrected chi connectivity index (χ1v) is 12.7. The van der Waals surface area contributed by atoms with E-state index in [0.717, 1.165) is 11.1 Å². The zero-order valence-electron chi connectivity index (χ0n) is 21.6. The van der Waals surface area contributed by atoms with Crippen LogP contribution >= 0.6 is 0 Å². The largest absolute Gasteiger partial charge is 0.480 e. The van der Waals surface area contributed by atoms with Crippen molar-refractivity contribution in [2.45, 2.75) is 25.9 Å². The number of anilines is 1. The van der Waals surface area contributed by atoms with Crippen LogP contribution in [0.2, 0.25) is 0 Å². The Hall–Kier alpha value is -4.33. The highest BCUT2D eigenvalue weighted by Gasteiger charge is 2.28. The molecule has 198 valence electrons. The molecule has 0 radical (unpaired) electrons. The Balaban J connectivity index is 1.51. The summed E-state index contributed by atoms with van der Waals surface area (Å²) in [6.45, 7) is 3.01. The molecule has 1 saturated heterocycles. The summed E-state index contributed by atoms with van der Waals surface area (Å²) in [4.78, 5) is 39.3. The fraction of sp³-hybridized carbons (Fsp3) is 0.300. The standard InChI is InChI=1S/C30H32N2O6/c1-3-37-28(33)23-16-18-32(19-17-23)30(35)31-24-14-15-26(25(20-24)29(34)36-2)38-27(21-10-6-4-7-11-21)22-12-8-5-9-13-22/h4-15,20,23,27H,3,16-19H2,1-2H3,(H,31,35). The molecule has 1 heterocycles. The molecule has 38 heavy (non-hydrogen) atoms. The zero-order valence-corrected chi connectivity index (χ0v) is 21.6. The van der Waals surface area contributed by atoms with E-state index in [-0.39, 0.29) is 23.5 Å². The Morgan fingerprint density at radius 1 is 0.921 bits per heavy atom. The molecule has 3 aromatic rings. The van der Waals surface area contributed by atoms with Gasteiger partial charge in [-0.1, -0.05) is 60.7 Å². The molecule has 0 aliphatic carbocycles. The molecule has 0 saturated carbocycles. The van der Waals surface area contributed by atoms with E-state index in [0.29, 0.717) is 44.0 Å². The summed E-state index contributed by atoms with van der Waals surface area (Å²) >= 11 is 0.